The lowest BCUT2D eigenvalue weighted by atomic mass is 9.75. The van der Waals surface area contributed by atoms with E-state index in [0.717, 1.165) is 19.3 Å². The molecule has 1 N–H and O–H groups in total. The van der Waals surface area contributed by atoms with Gasteiger partial charge in [0.1, 0.15) is 0 Å². The topological polar surface area (TPSA) is 53.2 Å². The summed E-state index contributed by atoms with van der Waals surface area (Å²) in [5.74, 6) is 1.28. The molecule has 3 nitrogen and oxygen atoms in total. The van der Waals surface area contributed by atoms with Crippen LogP contribution in [0.15, 0.2) is 0 Å². The predicted molar refractivity (Wildman–Crippen MR) is 62.8 cm³/mol. The SMILES string of the molecule is CC(C)CC1CCCC(C#N)(OCCO)C1. The number of nitrogens with zero attached hydrogens (tertiary/aromatic N) is 1. The summed E-state index contributed by atoms with van der Waals surface area (Å²) in [6.07, 6.45) is 5.10. The largest absolute Gasteiger partial charge is 0.394 e. The van der Waals surface area contributed by atoms with E-state index in [2.05, 4.69) is 19.9 Å². The van der Waals surface area contributed by atoms with Crippen LogP contribution in [0.1, 0.15) is 46.0 Å². The van der Waals surface area contributed by atoms with Crippen molar-refractivity contribution < 1.29 is 9.84 Å². The smallest absolute Gasteiger partial charge is 0.154 e. The second kappa shape index (κ2) is 6.22. The molecule has 0 radical (unpaired) electrons. The van der Waals surface area contributed by atoms with Gasteiger partial charge in [-0.1, -0.05) is 20.3 Å². The van der Waals surface area contributed by atoms with Gasteiger partial charge in [0, 0.05) is 0 Å². The van der Waals surface area contributed by atoms with E-state index in [0.29, 0.717) is 11.8 Å². The highest BCUT2D eigenvalue weighted by Crippen LogP contribution is 2.37. The van der Waals surface area contributed by atoms with Gasteiger partial charge in [-0.25, -0.2) is 0 Å². The van der Waals surface area contributed by atoms with Gasteiger partial charge in [0.2, 0.25) is 0 Å². The van der Waals surface area contributed by atoms with Crippen LogP contribution in [0.25, 0.3) is 0 Å². The minimum Gasteiger partial charge on any atom is -0.394 e. The fourth-order valence-electron chi connectivity index (χ4n) is 2.72. The van der Waals surface area contributed by atoms with Crippen LogP contribution < -0.4 is 0 Å². The summed E-state index contributed by atoms with van der Waals surface area (Å²) in [6, 6.07) is 2.32. The number of rotatable bonds is 5. The summed E-state index contributed by atoms with van der Waals surface area (Å²) >= 11 is 0. The van der Waals surface area contributed by atoms with Gasteiger partial charge in [-0.2, -0.15) is 5.26 Å². The summed E-state index contributed by atoms with van der Waals surface area (Å²) in [5.41, 5.74) is -0.624. The van der Waals surface area contributed by atoms with E-state index < -0.39 is 5.60 Å². The van der Waals surface area contributed by atoms with E-state index in [9.17, 15) is 5.26 Å². The van der Waals surface area contributed by atoms with Gasteiger partial charge >= 0.3 is 0 Å². The van der Waals surface area contributed by atoms with Gasteiger partial charge in [0.25, 0.3) is 0 Å². The van der Waals surface area contributed by atoms with Crippen molar-refractivity contribution in [3.8, 4) is 6.07 Å². The fraction of sp³-hybridized carbons (Fsp3) is 0.923. The van der Waals surface area contributed by atoms with E-state index in [1.54, 1.807) is 0 Å². The molecule has 0 aromatic heterocycles. The summed E-state index contributed by atoms with van der Waals surface area (Å²) in [7, 11) is 0. The van der Waals surface area contributed by atoms with Crippen LogP contribution in [-0.4, -0.2) is 23.9 Å². The van der Waals surface area contributed by atoms with Gasteiger partial charge in [0.15, 0.2) is 5.60 Å². The quantitative estimate of drug-likeness (QED) is 0.782. The molecule has 0 saturated heterocycles. The van der Waals surface area contributed by atoms with Crippen molar-refractivity contribution in [3.63, 3.8) is 0 Å². The standard InChI is InChI=1S/C13H23NO2/c1-11(2)8-12-4-3-5-13(9-12,10-14)16-7-6-15/h11-12,15H,3-9H2,1-2H3. The van der Waals surface area contributed by atoms with E-state index in [-0.39, 0.29) is 13.2 Å². The molecule has 1 aliphatic carbocycles. The summed E-state index contributed by atoms with van der Waals surface area (Å²) in [4.78, 5) is 0. The zero-order valence-corrected chi connectivity index (χ0v) is 10.4. The lowest BCUT2D eigenvalue weighted by Gasteiger charge is -2.36. The molecular formula is C13H23NO2. The summed E-state index contributed by atoms with van der Waals surface area (Å²) in [6.45, 7) is 4.72. The van der Waals surface area contributed by atoms with Crippen LogP contribution in [-0.2, 0) is 4.74 Å². The first-order chi connectivity index (χ1) is 7.62. The summed E-state index contributed by atoms with van der Waals surface area (Å²) in [5, 5.41) is 18.0. The fourth-order valence-corrected chi connectivity index (χ4v) is 2.72. The van der Waals surface area contributed by atoms with Crippen LogP contribution in [0.4, 0.5) is 0 Å². The summed E-state index contributed by atoms with van der Waals surface area (Å²) < 4.78 is 5.57. The lowest BCUT2D eigenvalue weighted by molar-refractivity contribution is -0.0554. The Kier molecular flexibility index (Phi) is 5.24. The molecule has 0 spiro atoms. The van der Waals surface area contributed by atoms with Crippen molar-refractivity contribution in [2.24, 2.45) is 11.8 Å². The van der Waals surface area contributed by atoms with Gasteiger partial charge in [-0.3, -0.25) is 0 Å². The minimum absolute atomic E-state index is 0.00171. The first kappa shape index (κ1) is 13.5. The Morgan fingerprint density at radius 3 is 2.88 bits per heavy atom. The monoisotopic (exact) mass is 225 g/mol. The van der Waals surface area contributed by atoms with Gasteiger partial charge < -0.3 is 9.84 Å². The number of aliphatic hydroxyl groups is 1. The molecule has 0 aliphatic heterocycles. The van der Waals surface area contributed by atoms with E-state index in [1.165, 1.54) is 12.8 Å². The van der Waals surface area contributed by atoms with Crippen LogP contribution in [0, 0.1) is 23.2 Å². The molecule has 0 amide bonds. The Labute approximate surface area is 98.4 Å². The predicted octanol–water partition coefficient (Wildman–Crippen LogP) is 2.49. The molecule has 2 atom stereocenters. The highest BCUT2D eigenvalue weighted by atomic mass is 16.5. The zero-order valence-electron chi connectivity index (χ0n) is 10.4. The Hall–Kier alpha value is -0.590. The average molecular weight is 225 g/mol. The molecule has 0 heterocycles. The van der Waals surface area contributed by atoms with Crippen molar-refractivity contribution in [2.75, 3.05) is 13.2 Å². The maximum Gasteiger partial charge on any atom is 0.154 e. The van der Waals surface area contributed by atoms with Crippen molar-refractivity contribution >= 4 is 0 Å². The third-order valence-corrected chi connectivity index (χ3v) is 3.29. The van der Waals surface area contributed by atoms with Crippen LogP contribution in [0.2, 0.25) is 0 Å². The van der Waals surface area contributed by atoms with Gasteiger partial charge in [-0.05, 0) is 37.5 Å². The Balaban J connectivity index is 2.54. The lowest BCUT2D eigenvalue weighted by Crippen LogP contribution is -2.38. The maximum absolute atomic E-state index is 9.26. The van der Waals surface area contributed by atoms with Crippen LogP contribution in [0.5, 0.6) is 0 Å². The normalized spacial score (nSPS) is 30.3. The minimum atomic E-state index is -0.624. The molecule has 0 aromatic rings. The second-order valence-corrected chi connectivity index (χ2v) is 5.27. The number of hydrogen-bond donors (Lipinski definition) is 1. The number of nitriles is 1. The molecule has 2 unspecified atom stereocenters. The Morgan fingerprint density at radius 1 is 1.56 bits per heavy atom. The molecule has 92 valence electrons. The molecule has 1 rings (SSSR count). The average Bonchev–Trinajstić information content (AvgIpc) is 2.26. The van der Waals surface area contributed by atoms with E-state index in [1.807, 2.05) is 0 Å². The first-order valence-electron chi connectivity index (χ1n) is 6.28. The molecule has 0 bridgehead atoms. The van der Waals surface area contributed by atoms with Crippen molar-refractivity contribution in [2.45, 2.75) is 51.6 Å². The number of hydrogen-bond acceptors (Lipinski definition) is 3. The number of aliphatic hydroxyl groups excluding tert-OH is 1. The third-order valence-electron chi connectivity index (χ3n) is 3.29. The highest BCUT2D eigenvalue weighted by molar-refractivity contribution is 5.05. The van der Waals surface area contributed by atoms with Crippen molar-refractivity contribution in [3.05, 3.63) is 0 Å². The van der Waals surface area contributed by atoms with Gasteiger partial charge in [-0.15, -0.1) is 0 Å². The van der Waals surface area contributed by atoms with E-state index in [4.69, 9.17) is 9.84 Å². The first-order valence-corrected chi connectivity index (χ1v) is 6.28. The van der Waals surface area contributed by atoms with Crippen molar-refractivity contribution in [1.82, 2.24) is 0 Å². The third kappa shape index (κ3) is 3.77. The Bertz CT molecular complexity index is 247. The van der Waals surface area contributed by atoms with Gasteiger partial charge in [0.05, 0.1) is 19.3 Å². The number of ether oxygens (including phenoxy) is 1. The Morgan fingerprint density at radius 2 is 2.31 bits per heavy atom. The molecule has 16 heavy (non-hydrogen) atoms. The van der Waals surface area contributed by atoms with Crippen molar-refractivity contribution in [1.29, 1.82) is 5.26 Å². The molecule has 1 saturated carbocycles. The van der Waals surface area contributed by atoms with E-state index >= 15 is 0 Å². The highest BCUT2D eigenvalue weighted by Gasteiger charge is 2.37. The zero-order chi connectivity index (χ0) is 12.0. The molecule has 3 heteroatoms. The molecule has 1 fully saturated rings. The van der Waals surface area contributed by atoms with Crippen LogP contribution >= 0.6 is 0 Å². The molecule has 0 aromatic carbocycles. The second-order valence-electron chi connectivity index (χ2n) is 5.27. The molecular weight excluding hydrogens is 202 g/mol. The van der Waals surface area contributed by atoms with Crippen LogP contribution in [0.3, 0.4) is 0 Å². The molecule has 1 aliphatic rings. The maximum atomic E-state index is 9.26.